The van der Waals surface area contributed by atoms with Crippen LogP contribution in [0.2, 0.25) is 0 Å². The van der Waals surface area contributed by atoms with E-state index in [1.54, 1.807) is 24.4 Å². The molecule has 0 radical (unpaired) electrons. The van der Waals surface area contributed by atoms with Gasteiger partial charge < -0.3 is 20.2 Å². The van der Waals surface area contributed by atoms with Gasteiger partial charge in [-0.15, -0.1) is 0 Å². The Kier molecular flexibility index (Phi) is 7.47. The summed E-state index contributed by atoms with van der Waals surface area (Å²) in [5, 5.41) is 28.5. The maximum absolute atomic E-state index is 13.7. The number of carboxylic acid groups (broad SMARTS) is 1. The molecule has 3 fully saturated rings. The van der Waals surface area contributed by atoms with Gasteiger partial charge in [-0.25, -0.2) is 9.37 Å². The lowest BCUT2D eigenvalue weighted by Gasteiger charge is -2.42. The third-order valence-corrected chi connectivity index (χ3v) is 7.17. The summed E-state index contributed by atoms with van der Waals surface area (Å²) >= 11 is 0. The number of amides is 1. The molecule has 10 heteroatoms. The largest absolute Gasteiger partial charge is 0.483 e. The van der Waals surface area contributed by atoms with Crippen LogP contribution in [0.5, 0.6) is 0 Å². The molecule has 3 aliphatic rings. The van der Waals surface area contributed by atoms with E-state index in [0.29, 0.717) is 31.6 Å². The van der Waals surface area contributed by atoms with E-state index in [0.717, 1.165) is 37.1 Å². The van der Waals surface area contributed by atoms with Crippen molar-refractivity contribution in [3.63, 3.8) is 0 Å². The predicted octanol–water partition coefficient (Wildman–Crippen LogP) is 2.51. The molecule has 3 heterocycles. The molecule has 1 aliphatic carbocycles. The molecule has 2 unspecified atom stereocenters. The standard InChI is InChI=1S/C25H25FN6O.CH2O2/c26-22-5-2-19(11-18(22)13-28)25(8-9-25)30-10-7-24(33)31-15-20-3-4-21(16-31)32(20)23-6-1-17(12-27)14-29-23;2-1-3/h1-2,5-6,11,14,20-21,30H,3-4,7-10,15-16H2;1H,(H,2,3). The van der Waals surface area contributed by atoms with Gasteiger partial charge in [-0.3, -0.25) is 9.59 Å². The molecule has 2 aliphatic heterocycles. The first kappa shape index (κ1) is 25.1. The van der Waals surface area contributed by atoms with Crippen LogP contribution in [-0.2, 0) is 15.1 Å². The van der Waals surface area contributed by atoms with E-state index in [2.05, 4.69) is 21.3 Å². The Morgan fingerprint density at radius 2 is 1.89 bits per heavy atom. The summed E-state index contributed by atoms with van der Waals surface area (Å²) < 4.78 is 13.7. The molecule has 2 bridgehead atoms. The monoisotopic (exact) mass is 490 g/mol. The molecule has 2 atom stereocenters. The van der Waals surface area contributed by atoms with Crippen LogP contribution in [-0.4, -0.2) is 59.1 Å². The summed E-state index contributed by atoms with van der Waals surface area (Å²) in [7, 11) is 0. The van der Waals surface area contributed by atoms with Gasteiger partial charge in [0.2, 0.25) is 5.91 Å². The number of nitriles is 2. The Balaban J connectivity index is 0.000000967. The second kappa shape index (κ2) is 10.7. The molecular weight excluding hydrogens is 463 g/mol. The first-order valence-electron chi connectivity index (χ1n) is 11.9. The number of likely N-dealkylation sites (tertiary alicyclic amines) is 1. The molecule has 1 amide bonds. The van der Waals surface area contributed by atoms with Gasteiger partial charge >= 0.3 is 0 Å². The predicted molar refractivity (Wildman–Crippen MR) is 128 cm³/mol. The number of pyridine rings is 1. The Morgan fingerprint density at radius 1 is 1.19 bits per heavy atom. The normalized spacial score (nSPS) is 21.0. The molecule has 1 saturated carbocycles. The van der Waals surface area contributed by atoms with Crippen molar-refractivity contribution < 1.29 is 19.1 Å². The van der Waals surface area contributed by atoms with Gasteiger partial charge in [-0.2, -0.15) is 10.5 Å². The van der Waals surface area contributed by atoms with E-state index in [4.69, 9.17) is 20.4 Å². The minimum absolute atomic E-state index is 0.0572. The number of fused-ring (bicyclic) bond motifs is 2. The average molecular weight is 491 g/mol. The number of halogens is 1. The first-order chi connectivity index (χ1) is 17.4. The lowest BCUT2D eigenvalue weighted by atomic mass is 10.0. The highest BCUT2D eigenvalue weighted by molar-refractivity contribution is 5.77. The smallest absolute Gasteiger partial charge is 0.290 e. The van der Waals surface area contributed by atoms with E-state index in [1.165, 1.54) is 6.07 Å². The number of hydrogen-bond donors (Lipinski definition) is 2. The molecule has 186 valence electrons. The van der Waals surface area contributed by atoms with E-state index >= 15 is 0 Å². The fraction of sp³-hybridized carbons (Fsp3) is 0.423. The molecule has 2 N–H and O–H groups in total. The maximum atomic E-state index is 13.7. The minimum Gasteiger partial charge on any atom is -0.483 e. The lowest BCUT2D eigenvalue weighted by molar-refractivity contribution is -0.132. The fourth-order valence-electron chi connectivity index (χ4n) is 5.25. The van der Waals surface area contributed by atoms with Crippen molar-refractivity contribution in [2.24, 2.45) is 0 Å². The number of carbonyl (C=O) groups is 2. The summed E-state index contributed by atoms with van der Waals surface area (Å²) in [6, 6.07) is 12.9. The SMILES string of the molecule is N#Cc1ccc(N2C3CCC2CN(C(=O)CCNC2(c4ccc(F)c(C#N)c4)CC2)C3)nc1.O=CO. The zero-order valence-corrected chi connectivity index (χ0v) is 19.7. The number of aromatic nitrogens is 1. The van der Waals surface area contributed by atoms with Crippen LogP contribution < -0.4 is 10.2 Å². The summed E-state index contributed by atoms with van der Waals surface area (Å²) in [6.45, 7) is 1.67. The van der Waals surface area contributed by atoms with Gasteiger partial charge in [0.1, 0.15) is 23.8 Å². The lowest BCUT2D eigenvalue weighted by Crippen LogP contribution is -2.56. The number of carbonyl (C=O) groups excluding carboxylic acids is 1. The number of benzene rings is 1. The topological polar surface area (TPSA) is 133 Å². The number of rotatable bonds is 6. The van der Waals surface area contributed by atoms with Crippen molar-refractivity contribution in [3.05, 3.63) is 59.0 Å². The second-order valence-corrected chi connectivity index (χ2v) is 9.28. The van der Waals surface area contributed by atoms with Gasteiger partial charge in [-0.1, -0.05) is 6.07 Å². The van der Waals surface area contributed by atoms with E-state index in [9.17, 15) is 9.18 Å². The number of hydrogen-bond acceptors (Lipinski definition) is 7. The van der Waals surface area contributed by atoms with Crippen molar-refractivity contribution in [3.8, 4) is 12.1 Å². The van der Waals surface area contributed by atoms with Crippen molar-refractivity contribution in [2.45, 2.75) is 49.7 Å². The third-order valence-electron chi connectivity index (χ3n) is 7.17. The molecule has 9 nitrogen and oxygen atoms in total. The van der Waals surface area contributed by atoms with E-state index in [1.807, 2.05) is 17.0 Å². The minimum atomic E-state index is -0.503. The molecule has 0 spiro atoms. The highest BCUT2D eigenvalue weighted by Gasteiger charge is 2.45. The summed E-state index contributed by atoms with van der Waals surface area (Å²) in [6.07, 6.45) is 5.90. The number of nitrogens with one attached hydrogen (secondary N) is 1. The molecular formula is C26H27FN6O3. The highest BCUT2D eigenvalue weighted by atomic mass is 19.1. The number of piperazine rings is 1. The van der Waals surface area contributed by atoms with Crippen molar-refractivity contribution >= 4 is 18.2 Å². The van der Waals surface area contributed by atoms with Crippen LogP contribution >= 0.6 is 0 Å². The Labute approximate surface area is 208 Å². The van der Waals surface area contributed by atoms with Crippen molar-refractivity contribution in [2.75, 3.05) is 24.5 Å². The molecule has 2 aromatic rings. The zero-order valence-electron chi connectivity index (χ0n) is 19.7. The quantitative estimate of drug-likeness (QED) is 0.590. The van der Waals surface area contributed by atoms with Crippen LogP contribution in [0.15, 0.2) is 36.5 Å². The highest BCUT2D eigenvalue weighted by Crippen LogP contribution is 2.45. The van der Waals surface area contributed by atoms with Gasteiger partial charge in [0, 0.05) is 49.9 Å². The van der Waals surface area contributed by atoms with Crippen LogP contribution in [0.1, 0.15) is 48.8 Å². The van der Waals surface area contributed by atoms with Crippen LogP contribution in [0.25, 0.3) is 0 Å². The van der Waals surface area contributed by atoms with Crippen LogP contribution in [0.4, 0.5) is 10.2 Å². The summed E-state index contributed by atoms with van der Waals surface area (Å²) in [4.78, 5) is 30.1. The van der Waals surface area contributed by atoms with Gasteiger partial charge in [0.05, 0.1) is 11.1 Å². The third kappa shape index (κ3) is 5.14. The summed E-state index contributed by atoms with van der Waals surface area (Å²) in [5.41, 5.74) is 1.26. The molecule has 36 heavy (non-hydrogen) atoms. The molecule has 1 aromatic carbocycles. The first-order valence-corrected chi connectivity index (χ1v) is 11.9. The number of nitrogens with zero attached hydrogens (tertiary/aromatic N) is 5. The Hall–Kier alpha value is -4.02. The Bertz CT molecular complexity index is 1190. The molecule has 2 saturated heterocycles. The molecule has 5 rings (SSSR count). The molecule has 1 aromatic heterocycles. The van der Waals surface area contributed by atoms with E-state index < -0.39 is 5.82 Å². The zero-order chi connectivity index (χ0) is 25.7. The fourth-order valence-corrected chi connectivity index (χ4v) is 5.25. The van der Waals surface area contributed by atoms with Crippen LogP contribution in [0, 0.1) is 28.5 Å². The van der Waals surface area contributed by atoms with Crippen molar-refractivity contribution in [1.82, 2.24) is 15.2 Å². The average Bonchev–Trinajstić information content (AvgIpc) is 3.63. The van der Waals surface area contributed by atoms with Gasteiger partial charge in [0.15, 0.2) is 0 Å². The van der Waals surface area contributed by atoms with Gasteiger partial charge in [0.25, 0.3) is 6.47 Å². The second-order valence-electron chi connectivity index (χ2n) is 9.28. The van der Waals surface area contributed by atoms with Gasteiger partial charge in [-0.05, 0) is 55.5 Å². The Morgan fingerprint density at radius 3 is 2.44 bits per heavy atom. The maximum Gasteiger partial charge on any atom is 0.290 e. The number of anilines is 1. The van der Waals surface area contributed by atoms with E-state index in [-0.39, 0.29) is 35.6 Å². The van der Waals surface area contributed by atoms with Crippen molar-refractivity contribution in [1.29, 1.82) is 10.5 Å². The summed E-state index contributed by atoms with van der Waals surface area (Å²) in [5.74, 6) is 0.513. The van der Waals surface area contributed by atoms with Crippen LogP contribution in [0.3, 0.4) is 0 Å².